The van der Waals surface area contributed by atoms with E-state index in [-0.39, 0.29) is 12.5 Å². The number of aromatic nitrogens is 6. The van der Waals surface area contributed by atoms with Crippen LogP contribution in [0.3, 0.4) is 0 Å². The van der Waals surface area contributed by atoms with Crippen molar-refractivity contribution in [1.29, 1.82) is 0 Å². The highest BCUT2D eigenvalue weighted by Crippen LogP contribution is 2.17. The summed E-state index contributed by atoms with van der Waals surface area (Å²) in [6.07, 6.45) is 1.04. The molecule has 0 aliphatic rings. The van der Waals surface area contributed by atoms with Crippen LogP contribution in [0.1, 0.15) is 36.1 Å². The molecule has 3 aromatic rings. The Morgan fingerprint density at radius 1 is 1.20 bits per heavy atom. The highest BCUT2D eigenvalue weighted by molar-refractivity contribution is 5.74. The van der Waals surface area contributed by atoms with Gasteiger partial charge in [0.1, 0.15) is 5.82 Å². The van der Waals surface area contributed by atoms with Gasteiger partial charge in [0.15, 0.2) is 12.6 Å². The standard InChI is InChI=1S/C16H18N6O3/c1-3-14-18-19-15(25-14)10-24-16(23)13(22-11(2)17-20-21-22)9-12-7-5-4-6-8-12/h4-8,13H,3,9-10H2,1-2H3. The lowest BCUT2D eigenvalue weighted by molar-refractivity contribution is -0.150. The monoisotopic (exact) mass is 342 g/mol. The summed E-state index contributed by atoms with van der Waals surface area (Å²) in [5.74, 6) is 0.833. The molecular weight excluding hydrogens is 324 g/mol. The molecule has 0 aliphatic carbocycles. The summed E-state index contributed by atoms with van der Waals surface area (Å²) in [6.45, 7) is 3.55. The molecule has 0 N–H and O–H groups in total. The Bertz CT molecular complexity index is 829. The first kappa shape index (κ1) is 16.7. The predicted molar refractivity (Wildman–Crippen MR) is 85.2 cm³/mol. The molecule has 0 fully saturated rings. The van der Waals surface area contributed by atoms with Crippen LogP contribution in [0.2, 0.25) is 0 Å². The number of rotatable bonds is 7. The molecule has 0 aliphatic heterocycles. The van der Waals surface area contributed by atoms with Crippen molar-refractivity contribution in [2.24, 2.45) is 0 Å². The molecule has 0 amide bonds. The minimum atomic E-state index is -0.675. The van der Waals surface area contributed by atoms with Crippen LogP contribution >= 0.6 is 0 Å². The Morgan fingerprint density at radius 3 is 2.60 bits per heavy atom. The van der Waals surface area contributed by atoms with Crippen LogP contribution < -0.4 is 0 Å². The Kier molecular flexibility index (Phi) is 5.12. The van der Waals surface area contributed by atoms with E-state index in [1.165, 1.54) is 4.68 Å². The number of carbonyl (C=O) groups excluding carboxylic acids is 1. The zero-order valence-electron chi connectivity index (χ0n) is 14.0. The molecule has 9 nitrogen and oxygen atoms in total. The maximum atomic E-state index is 12.6. The fourth-order valence-corrected chi connectivity index (χ4v) is 2.35. The number of hydrogen-bond acceptors (Lipinski definition) is 8. The first-order valence-electron chi connectivity index (χ1n) is 7.93. The van der Waals surface area contributed by atoms with Crippen molar-refractivity contribution in [3.63, 3.8) is 0 Å². The van der Waals surface area contributed by atoms with Gasteiger partial charge in [0.2, 0.25) is 5.89 Å². The van der Waals surface area contributed by atoms with Crippen molar-refractivity contribution < 1.29 is 13.9 Å². The molecule has 1 atom stereocenters. The fourth-order valence-electron chi connectivity index (χ4n) is 2.35. The van der Waals surface area contributed by atoms with Gasteiger partial charge in [-0.05, 0) is 22.9 Å². The molecular formula is C16H18N6O3. The first-order valence-corrected chi connectivity index (χ1v) is 7.93. The SMILES string of the molecule is CCc1nnc(COC(=O)C(Cc2ccccc2)n2nnnc2C)o1. The fraction of sp³-hybridized carbons (Fsp3) is 0.375. The van der Waals surface area contributed by atoms with Crippen molar-refractivity contribution in [1.82, 2.24) is 30.4 Å². The summed E-state index contributed by atoms with van der Waals surface area (Å²) in [5.41, 5.74) is 0.977. The minimum absolute atomic E-state index is 0.0850. The lowest BCUT2D eigenvalue weighted by atomic mass is 10.1. The van der Waals surface area contributed by atoms with Gasteiger partial charge in [-0.1, -0.05) is 37.3 Å². The molecule has 0 radical (unpaired) electrons. The molecule has 0 bridgehead atoms. The van der Waals surface area contributed by atoms with Crippen molar-refractivity contribution in [3.8, 4) is 0 Å². The lowest BCUT2D eigenvalue weighted by Crippen LogP contribution is -2.26. The third kappa shape index (κ3) is 4.06. The minimum Gasteiger partial charge on any atom is -0.454 e. The molecule has 1 aromatic carbocycles. The van der Waals surface area contributed by atoms with E-state index in [4.69, 9.17) is 9.15 Å². The van der Waals surface area contributed by atoms with E-state index in [1.807, 2.05) is 37.3 Å². The molecule has 2 aromatic heterocycles. The van der Waals surface area contributed by atoms with Gasteiger partial charge in [0.25, 0.3) is 5.89 Å². The number of benzene rings is 1. The van der Waals surface area contributed by atoms with Gasteiger partial charge in [-0.3, -0.25) is 0 Å². The average molecular weight is 342 g/mol. The second-order valence-electron chi connectivity index (χ2n) is 5.43. The lowest BCUT2D eigenvalue weighted by Gasteiger charge is -2.16. The van der Waals surface area contributed by atoms with Crippen LogP contribution in [0.4, 0.5) is 0 Å². The van der Waals surface area contributed by atoms with Crippen LogP contribution in [-0.4, -0.2) is 36.4 Å². The van der Waals surface area contributed by atoms with Gasteiger partial charge in [-0.15, -0.1) is 15.3 Å². The van der Waals surface area contributed by atoms with E-state index in [1.54, 1.807) is 6.92 Å². The summed E-state index contributed by atoms with van der Waals surface area (Å²) >= 11 is 0. The van der Waals surface area contributed by atoms with Gasteiger partial charge >= 0.3 is 5.97 Å². The third-order valence-electron chi connectivity index (χ3n) is 3.65. The van der Waals surface area contributed by atoms with Gasteiger partial charge in [0, 0.05) is 12.8 Å². The van der Waals surface area contributed by atoms with Crippen LogP contribution in [0.5, 0.6) is 0 Å². The van der Waals surface area contributed by atoms with Gasteiger partial charge in [-0.25, -0.2) is 9.48 Å². The largest absolute Gasteiger partial charge is 0.454 e. The average Bonchev–Trinajstić information content (AvgIpc) is 3.27. The number of hydrogen-bond donors (Lipinski definition) is 0. The number of carbonyl (C=O) groups is 1. The number of tetrazole rings is 1. The molecule has 0 spiro atoms. The van der Waals surface area contributed by atoms with Gasteiger partial charge in [0.05, 0.1) is 0 Å². The molecule has 0 saturated heterocycles. The van der Waals surface area contributed by atoms with Gasteiger partial charge < -0.3 is 9.15 Å². The highest BCUT2D eigenvalue weighted by Gasteiger charge is 2.26. The van der Waals surface area contributed by atoms with Crippen LogP contribution in [0.25, 0.3) is 0 Å². The maximum absolute atomic E-state index is 12.6. The molecule has 0 saturated carbocycles. The van der Waals surface area contributed by atoms with E-state index in [0.717, 1.165) is 5.56 Å². The van der Waals surface area contributed by atoms with Crippen molar-refractivity contribution in [3.05, 3.63) is 53.5 Å². The van der Waals surface area contributed by atoms with E-state index in [0.29, 0.717) is 24.6 Å². The quantitative estimate of drug-likeness (QED) is 0.594. The summed E-state index contributed by atoms with van der Waals surface area (Å²) < 4.78 is 12.2. The molecule has 1 unspecified atom stereocenters. The number of nitrogens with zero attached hydrogens (tertiary/aromatic N) is 6. The van der Waals surface area contributed by atoms with Gasteiger partial charge in [-0.2, -0.15) is 0 Å². The molecule has 3 rings (SSSR count). The summed E-state index contributed by atoms with van der Waals surface area (Å²) in [6, 6.07) is 8.94. The first-order chi connectivity index (χ1) is 12.2. The zero-order valence-corrected chi connectivity index (χ0v) is 14.0. The van der Waals surface area contributed by atoms with E-state index < -0.39 is 12.0 Å². The van der Waals surface area contributed by atoms with E-state index in [2.05, 4.69) is 25.7 Å². The van der Waals surface area contributed by atoms with Crippen LogP contribution in [0.15, 0.2) is 34.7 Å². The molecule has 2 heterocycles. The number of ether oxygens (including phenoxy) is 1. The van der Waals surface area contributed by atoms with Crippen molar-refractivity contribution in [2.75, 3.05) is 0 Å². The second kappa shape index (κ2) is 7.65. The van der Waals surface area contributed by atoms with Crippen LogP contribution in [0, 0.1) is 6.92 Å². The molecule has 25 heavy (non-hydrogen) atoms. The smallest absolute Gasteiger partial charge is 0.331 e. The van der Waals surface area contributed by atoms with Crippen molar-refractivity contribution in [2.45, 2.75) is 39.3 Å². The molecule has 9 heteroatoms. The highest BCUT2D eigenvalue weighted by atomic mass is 16.5. The van der Waals surface area contributed by atoms with E-state index >= 15 is 0 Å². The Morgan fingerprint density at radius 2 is 1.96 bits per heavy atom. The normalized spacial score (nSPS) is 12.1. The summed E-state index contributed by atoms with van der Waals surface area (Å²) in [4.78, 5) is 12.6. The number of esters is 1. The topological polar surface area (TPSA) is 109 Å². The van der Waals surface area contributed by atoms with Crippen LogP contribution in [-0.2, 0) is 29.0 Å². The number of aryl methyl sites for hydroxylation is 2. The Hall–Kier alpha value is -3.10. The maximum Gasteiger partial charge on any atom is 0.331 e. The van der Waals surface area contributed by atoms with Crippen molar-refractivity contribution >= 4 is 5.97 Å². The summed E-state index contributed by atoms with van der Waals surface area (Å²) in [5, 5.41) is 19.1. The Labute approximate surface area is 144 Å². The summed E-state index contributed by atoms with van der Waals surface area (Å²) in [7, 11) is 0. The van der Waals surface area contributed by atoms with E-state index in [9.17, 15) is 4.79 Å². The second-order valence-corrected chi connectivity index (χ2v) is 5.43. The zero-order chi connectivity index (χ0) is 17.6. The Balaban J connectivity index is 1.74. The predicted octanol–water partition coefficient (Wildman–Crippen LogP) is 1.45. The third-order valence-corrected chi connectivity index (χ3v) is 3.65. The molecule has 130 valence electrons.